The van der Waals surface area contributed by atoms with E-state index in [-0.39, 0.29) is 5.92 Å². The molecule has 2 heteroatoms. The molecule has 17 heavy (non-hydrogen) atoms. The lowest BCUT2D eigenvalue weighted by atomic mass is 9.91. The molecular weight excluding hydrogens is 210 g/mol. The molecule has 1 unspecified atom stereocenters. The molecule has 0 bridgehead atoms. The number of pyridine rings is 1. The molecule has 1 aromatic heterocycles. The molecule has 0 aliphatic carbocycles. The normalized spacial score (nSPS) is 12.7. The summed E-state index contributed by atoms with van der Waals surface area (Å²) in [7, 11) is 0. The van der Waals surface area contributed by atoms with Crippen molar-refractivity contribution in [3.63, 3.8) is 0 Å². The average molecular weight is 233 g/mol. The zero-order valence-corrected chi connectivity index (χ0v) is 11.1. The fourth-order valence-corrected chi connectivity index (χ4v) is 1.77. The van der Waals surface area contributed by atoms with E-state index in [4.69, 9.17) is 0 Å². The van der Waals surface area contributed by atoms with Crippen molar-refractivity contribution in [2.45, 2.75) is 46.5 Å². The van der Waals surface area contributed by atoms with Crippen LogP contribution in [-0.2, 0) is 11.2 Å². The minimum Gasteiger partial charge on any atom is -0.299 e. The van der Waals surface area contributed by atoms with Gasteiger partial charge in [-0.05, 0) is 36.8 Å². The summed E-state index contributed by atoms with van der Waals surface area (Å²) in [5.74, 6) is 1.07. The molecule has 1 heterocycles. The first kappa shape index (κ1) is 13.9. The monoisotopic (exact) mass is 233 g/mol. The number of hydrogen-bond acceptors (Lipinski definition) is 2. The third-order valence-corrected chi connectivity index (χ3v) is 3.37. The first-order valence-corrected chi connectivity index (χ1v) is 6.53. The third kappa shape index (κ3) is 5.12. The Kier molecular flexibility index (Phi) is 5.88. The minimum atomic E-state index is 0.202. The molecule has 1 aromatic rings. The number of carbonyl (C=O) groups is 1. The molecule has 0 saturated carbocycles. The molecule has 0 aromatic carbocycles. The minimum absolute atomic E-state index is 0.202. The Balaban J connectivity index is 2.18. The first-order valence-electron chi connectivity index (χ1n) is 6.53. The maximum absolute atomic E-state index is 11.8. The molecule has 1 rings (SSSR count). The van der Waals surface area contributed by atoms with Crippen LogP contribution in [0.15, 0.2) is 24.5 Å². The van der Waals surface area contributed by atoms with Crippen LogP contribution in [0.3, 0.4) is 0 Å². The smallest absolute Gasteiger partial charge is 0.135 e. The number of aryl methyl sites for hydroxylation is 1. The fraction of sp³-hybridized carbons (Fsp3) is 0.600. The van der Waals surface area contributed by atoms with E-state index in [1.165, 1.54) is 5.56 Å². The number of Topliss-reactive ketones (excluding diaryl/α,β-unsaturated/α-hetero) is 1. The van der Waals surface area contributed by atoms with Crippen LogP contribution in [0.25, 0.3) is 0 Å². The van der Waals surface area contributed by atoms with E-state index >= 15 is 0 Å². The van der Waals surface area contributed by atoms with Gasteiger partial charge in [0, 0.05) is 24.7 Å². The van der Waals surface area contributed by atoms with Crippen LogP contribution in [0.5, 0.6) is 0 Å². The van der Waals surface area contributed by atoms with Crippen LogP contribution in [0.1, 0.15) is 45.6 Å². The second kappa shape index (κ2) is 7.21. The van der Waals surface area contributed by atoms with Gasteiger partial charge in [-0.2, -0.15) is 0 Å². The average Bonchev–Trinajstić information content (AvgIpc) is 2.34. The summed E-state index contributed by atoms with van der Waals surface area (Å²) in [5, 5.41) is 0. The molecule has 94 valence electrons. The molecule has 0 N–H and O–H groups in total. The van der Waals surface area contributed by atoms with Crippen LogP contribution in [0.4, 0.5) is 0 Å². The number of carbonyl (C=O) groups excluding carboxylic acids is 1. The zero-order valence-electron chi connectivity index (χ0n) is 11.1. The van der Waals surface area contributed by atoms with Gasteiger partial charge >= 0.3 is 0 Å². The predicted octanol–water partition coefficient (Wildman–Crippen LogP) is 3.66. The molecule has 2 nitrogen and oxygen atoms in total. The van der Waals surface area contributed by atoms with Crippen LogP contribution < -0.4 is 0 Å². The van der Waals surface area contributed by atoms with Crippen molar-refractivity contribution < 1.29 is 4.79 Å². The molecule has 0 aliphatic heterocycles. The Labute approximate surface area is 104 Å². The van der Waals surface area contributed by atoms with Crippen LogP contribution in [-0.4, -0.2) is 10.8 Å². The highest BCUT2D eigenvalue weighted by atomic mass is 16.1. The van der Waals surface area contributed by atoms with Crippen molar-refractivity contribution >= 4 is 5.78 Å². The van der Waals surface area contributed by atoms with Crippen molar-refractivity contribution in [2.24, 2.45) is 11.8 Å². The standard InChI is InChI=1S/C15H23NO/c1-12(2)13(3)15(17)9-5-4-7-14-8-6-10-16-11-14/h6,8,10-13H,4-5,7,9H2,1-3H3. The van der Waals surface area contributed by atoms with Gasteiger partial charge in [0.25, 0.3) is 0 Å². The molecule has 1 atom stereocenters. The van der Waals surface area contributed by atoms with E-state index in [0.717, 1.165) is 25.7 Å². The van der Waals surface area contributed by atoms with E-state index < -0.39 is 0 Å². The van der Waals surface area contributed by atoms with E-state index in [0.29, 0.717) is 11.7 Å². The highest BCUT2D eigenvalue weighted by molar-refractivity contribution is 5.80. The lowest BCUT2D eigenvalue weighted by Gasteiger charge is -2.13. The van der Waals surface area contributed by atoms with Crippen molar-refractivity contribution in [1.82, 2.24) is 4.98 Å². The number of nitrogens with zero attached hydrogens (tertiary/aromatic N) is 1. The van der Waals surface area contributed by atoms with Gasteiger partial charge in [0.15, 0.2) is 0 Å². The number of hydrogen-bond donors (Lipinski definition) is 0. The summed E-state index contributed by atoms with van der Waals surface area (Å²) >= 11 is 0. The Morgan fingerprint density at radius 2 is 2.06 bits per heavy atom. The summed E-state index contributed by atoms with van der Waals surface area (Å²) in [6, 6.07) is 4.05. The molecule has 0 aliphatic rings. The van der Waals surface area contributed by atoms with Crippen LogP contribution in [0.2, 0.25) is 0 Å². The first-order chi connectivity index (χ1) is 8.11. The van der Waals surface area contributed by atoms with Gasteiger partial charge in [0.05, 0.1) is 0 Å². The van der Waals surface area contributed by atoms with Crippen molar-refractivity contribution in [3.05, 3.63) is 30.1 Å². The quantitative estimate of drug-likeness (QED) is 0.673. The van der Waals surface area contributed by atoms with Gasteiger partial charge < -0.3 is 0 Å². The van der Waals surface area contributed by atoms with Gasteiger partial charge in [-0.15, -0.1) is 0 Å². The summed E-state index contributed by atoms with van der Waals surface area (Å²) in [6.07, 6.45) is 7.50. The van der Waals surface area contributed by atoms with E-state index in [1.54, 1.807) is 6.20 Å². The summed E-state index contributed by atoms with van der Waals surface area (Å²) in [4.78, 5) is 15.9. The van der Waals surface area contributed by atoms with E-state index in [9.17, 15) is 4.79 Å². The molecular formula is C15H23NO. The second-order valence-electron chi connectivity index (χ2n) is 5.07. The Morgan fingerprint density at radius 1 is 1.29 bits per heavy atom. The van der Waals surface area contributed by atoms with E-state index in [2.05, 4.69) is 24.9 Å². The topological polar surface area (TPSA) is 30.0 Å². The number of ketones is 1. The van der Waals surface area contributed by atoms with Crippen LogP contribution >= 0.6 is 0 Å². The lowest BCUT2D eigenvalue weighted by molar-refractivity contribution is -0.123. The Hall–Kier alpha value is -1.18. The zero-order chi connectivity index (χ0) is 12.7. The van der Waals surface area contributed by atoms with Gasteiger partial charge in [-0.3, -0.25) is 9.78 Å². The molecule has 0 fully saturated rings. The molecule has 0 radical (unpaired) electrons. The number of unbranched alkanes of at least 4 members (excludes halogenated alkanes) is 1. The van der Waals surface area contributed by atoms with Gasteiger partial charge in [0.2, 0.25) is 0 Å². The molecule has 0 spiro atoms. The largest absolute Gasteiger partial charge is 0.299 e. The van der Waals surface area contributed by atoms with Crippen LogP contribution in [0, 0.1) is 11.8 Å². The number of rotatable bonds is 7. The second-order valence-corrected chi connectivity index (χ2v) is 5.07. The van der Waals surface area contributed by atoms with Gasteiger partial charge in [0.1, 0.15) is 5.78 Å². The molecule has 0 amide bonds. The predicted molar refractivity (Wildman–Crippen MR) is 70.8 cm³/mol. The maximum Gasteiger partial charge on any atom is 0.135 e. The van der Waals surface area contributed by atoms with Crippen molar-refractivity contribution in [3.8, 4) is 0 Å². The van der Waals surface area contributed by atoms with Crippen molar-refractivity contribution in [1.29, 1.82) is 0 Å². The summed E-state index contributed by atoms with van der Waals surface area (Å²) in [5.41, 5.74) is 1.26. The fourth-order valence-electron chi connectivity index (χ4n) is 1.77. The van der Waals surface area contributed by atoms with E-state index in [1.807, 2.05) is 19.2 Å². The Morgan fingerprint density at radius 3 is 2.65 bits per heavy atom. The van der Waals surface area contributed by atoms with Crippen molar-refractivity contribution in [2.75, 3.05) is 0 Å². The SMILES string of the molecule is CC(C)C(C)C(=O)CCCCc1cccnc1. The highest BCUT2D eigenvalue weighted by Crippen LogP contribution is 2.15. The van der Waals surface area contributed by atoms with Gasteiger partial charge in [-0.1, -0.05) is 26.8 Å². The lowest BCUT2D eigenvalue weighted by Crippen LogP contribution is -2.16. The Bertz CT molecular complexity index is 332. The summed E-state index contributed by atoms with van der Waals surface area (Å²) in [6.45, 7) is 6.25. The van der Waals surface area contributed by atoms with Gasteiger partial charge in [-0.25, -0.2) is 0 Å². The highest BCUT2D eigenvalue weighted by Gasteiger charge is 2.15. The third-order valence-electron chi connectivity index (χ3n) is 3.37. The molecule has 0 saturated heterocycles. The maximum atomic E-state index is 11.8. The number of aromatic nitrogens is 1. The summed E-state index contributed by atoms with van der Waals surface area (Å²) < 4.78 is 0.